The molecule has 0 atom stereocenters. The number of aryl methyl sites for hydroxylation is 2. The molecule has 6 nitrogen and oxygen atoms in total. The van der Waals surface area contributed by atoms with E-state index in [1.807, 2.05) is 10.8 Å². The van der Waals surface area contributed by atoms with Crippen LogP contribution in [0.5, 0.6) is 0 Å². The van der Waals surface area contributed by atoms with Crippen molar-refractivity contribution in [3.63, 3.8) is 0 Å². The Kier molecular flexibility index (Phi) is 3.34. The van der Waals surface area contributed by atoms with Crippen molar-refractivity contribution < 1.29 is 4.79 Å². The highest BCUT2D eigenvalue weighted by atomic mass is 16.1. The molecule has 0 unspecified atom stereocenters. The van der Waals surface area contributed by atoms with Gasteiger partial charge < -0.3 is 15.3 Å². The standard InChI is InChI=1S/C11H13N5O/c12-10(17)1-2-11-14-4-6-16(11)5-3-9-7-13-8-15-9/h1-2,4,6-8H,3,5H2,(H2,12,17)(H,13,15)/b2-1+. The van der Waals surface area contributed by atoms with Crippen molar-refractivity contribution in [1.29, 1.82) is 0 Å². The lowest BCUT2D eigenvalue weighted by Crippen LogP contribution is -2.07. The summed E-state index contributed by atoms with van der Waals surface area (Å²) in [5, 5.41) is 0. The monoisotopic (exact) mass is 231 g/mol. The minimum atomic E-state index is -0.479. The first kappa shape index (κ1) is 11.1. The fourth-order valence-corrected chi connectivity index (χ4v) is 1.49. The first-order valence-corrected chi connectivity index (χ1v) is 5.21. The predicted molar refractivity (Wildman–Crippen MR) is 62.7 cm³/mol. The molecular weight excluding hydrogens is 218 g/mol. The Labute approximate surface area is 98.2 Å². The summed E-state index contributed by atoms with van der Waals surface area (Å²) in [6.07, 6.45) is 10.7. The lowest BCUT2D eigenvalue weighted by atomic mass is 10.3. The Morgan fingerprint density at radius 3 is 3.18 bits per heavy atom. The van der Waals surface area contributed by atoms with E-state index in [1.54, 1.807) is 24.8 Å². The molecule has 1 amide bonds. The summed E-state index contributed by atoms with van der Waals surface area (Å²) in [6, 6.07) is 0. The fraction of sp³-hybridized carbons (Fsp3) is 0.182. The van der Waals surface area contributed by atoms with Gasteiger partial charge in [-0.2, -0.15) is 0 Å². The van der Waals surface area contributed by atoms with Crippen LogP contribution < -0.4 is 5.73 Å². The predicted octanol–water partition coefficient (Wildman–Crippen LogP) is 0.347. The van der Waals surface area contributed by atoms with Gasteiger partial charge in [0.25, 0.3) is 0 Å². The molecule has 88 valence electrons. The molecule has 0 radical (unpaired) electrons. The van der Waals surface area contributed by atoms with Gasteiger partial charge in [-0.25, -0.2) is 9.97 Å². The summed E-state index contributed by atoms with van der Waals surface area (Å²) in [5.74, 6) is 0.233. The number of nitrogens with zero attached hydrogens (tertiary/aromatic N) is 3. The number of primary amides is 1. The van der Waals surface area contributed by atoms with Gasteiger partial charge in [0.1, 0.15) is 5.82 Å². The maximum absolute atomic E-state index is 10.6. The molecule has 6 heteroatoms. The molecule has 2 heterocycles. The van der Waals surface area contributed by atoms with Crippen molar-refractivity contribution in [2.45, 2.75) is 13.0 Å². The highest BCUT2D eigenvalue weighted by molar-refractivity contribution is 5.89. The Hall–Kier alpha value is -2.37. The van der Waals surface area contributed by atoms with Crippen molar-refractivity contribution in [2.75, 3.05) is 0 Å². The molecule has 0 saturated carbocycles. The number of rotatable bonds is 5. The van der Waals surface area contributed by atoms with E-state index in [0.29, 0.717) is 5.82 Å². The van der Waals surface area contributed by atoms with Gasteiger partial charge in [-0.3, -0.25) is 4.79 Å². The van der Waals surface area contributed by atoms with Gasteiger partial charge in [-0.1, -0.05) is 0 Å². The molecule has 0 aliphatic heterocycles. The zero-order valence-electron chi connectivity index (χ0n) is 9.21. The molecule has 2 rings (SSSR count). The van der Waals surface area contributed by atoms with Crippen LogP contribution in [0.15, 0.2) is 31.0 Å². The minimum Gasteiger partial charge on any atom is -0.366 e. The molecule has 0 aromatic carbocycles. The Morgan fingerprint density at radius 1 is 1.59 bits per heavy atom. The van der Waals surface area contributed by atoms with Gasteiger partial charge in [-0.05, 0) is 6.08 Å². The summed E-state index contributed by atoms with van der Waals surface area (Å²) in [5.41, 5.74) is 6.09. The average molecular weight is 231 g/mol. The number of carbonyl (C=O) groups excluding carboxylic acids is 1. The van der Waals surface area contributed by atoms with E-state index in [0.717, 1.165) is 18.7 Å². The number of imidazole rings is 2. The lowest BCUT2D eigenvalue weighted by molar-refractivity contribution is -0.113. The van der Waals surface area contributed by atoms with Crippen LogP contribution in [-0.2, 0) is 17.8 Å². The van der Waals surface area contributed by atoms with Gasteiger partial charge >= 0.3 is 0 Å². The largest absolute Gasteiger partial charge is 0.366 e. The summed E-state index contributed by atoms with van der Waals surface area (Å²) >= 11 is 0. The maximum atomic E-state index is 10.6. The fourth-order valence-electron chi connectivity index (χ4n) is 1.49. The minimum absolute atomic E-state index is 0.479. The summed E-state index contributed by atoms with van der Waals surface area (Å²) < 4.78 is 1.94. The number of nitrogens with two attached hydrogens (primary N) is 1. The molecule has 0 aliphatic carbocycles. The molecule has 0 saturated heterocycles. The third kappa shape index (κ3) is 3.04. The quantitative estimate of drug-likeness (QED) is 0.727. The lowest BCUT2D eigenvalue weighted by Gasteiger charge is -2.03. The number of hydrogen-bond donors (Lipinski definition) is 2. The van der Waals surface area contributed by atoms with Crippen LogP contribution in [-0.4, -0.2) is 25.4 Å². The summed E-state index contributed by atoms with van der Waals surface area (Å²) in [6.45, 7) is 0.765. The smallest absolute Gasteiger partial charge is 0.241 e. The summed E-state index contributed by atoms with van der Waals surface area (Å²) in [4.78, 5) is 21.7. The number of H-pyrrole nitrogens is 1. The molecule has 0 aliphatic rings. The van der Waals surface area contributed by atoms with Gasteiger partial charge in [0, 0.05) is 43.3 Å². The van der Waals surface area contributed by atoms with Crippen LogP contribution in [0.4, 0.5) is 0 Å². The molecule has 0 bridgehead atoms. The maximum Gasteiger partial charge on any atom is 0.241 e. The second-order valence-corrected chi connectivity index (χ2v) is 3.54. The van der Waals surface area contributed by atoms with Crippen molar-refractivity contribution in [3.05, 3.63) is 42.5 Å². The summed E-state index contributed by atoms with van der Waals surface area (Å²) in [7, 11) is 0. The van der Waals surface area contributed by atoms with Gasteiger partial charge in [-0.15, -0.1) is 0 Å². The van der Waals surface area contributed by atoms with Gasteiger partial charge in [0.2, 0.25) is 5.91 Å². The molecule has 2 aromatic heterocycles. The molecular formula is C11H13N5O. The Morgan fingerprint density at radius 2 is 2.47 bits per heavy atom. The van der Waals surface area contributed by atoms with Crippen LogP contribution in [0.2, 0.25) is 0 Å². The SMILES string of the molecule is NC(=O)/C=C/c1nccn1CCc1cnc[nH]1. The van der Waals surface area contributed by atoms with Gasteiger partial charge in [0.15, 0.2) is 0 Å². The van der Waals surface area contributed by atoms with Crippen LogP contribution in [0.25, 0.3) is 6.08 Å². The first-order valence-electron chi connectivity index (χ1n) is 5.21. The number of carbonyl (C=O) groups is 1. The molecule has 17 heavy (non-hydrogen) atoms. The van der Waals surface area contributed by atoms with E-state index < -0.39 is 5.91 Å². The van der Waals surface area contributed by atoms with Crippen LogP contribution in [0, 0.1) is 0 Å². The van der Waals surface area contributed by atoms with Crippen molar-refractivity contribution >= 4 is 12.0 Å². The van der Waals surface area contributed by atoms with E-state index in [-0.39, 0.29) is 0 Å². The van der Waals surface area contributed by atoms with Crippen LogP contribution >= 0.6 is 0 Å². The Bertz CT molecular complexity index is 512. The third-order valence-corrected chi connectivity index (χ3v) is 2.32. The zero-order chi connectivity index (χ0) is 12.1. The highest BCUT2D eigenvalue weighted by Gasteiger charge is 2.00. The number of amides is 1. The molecule has 0 spiro atoms. The second kappa shape index (κ2) is 5.11. The third-order valence-electron chi connectivity index (χ3n) is 2.32. The van der Waals surface area contributed by atoms with E-state index in [1.165, 1.54) is 6.08 Å². The highest BCUT2D eigenvalue weighted by Crippen LogP contribution is 2.03. The second-order valence-electron chi connectivity index (χ2n) is 3.54. The zero-order valence-corrected chi connectivity index (χ0v) is 9.21. The van der Waals surface area contributed by atoms with Crippen LogP contribution in [0.3, 0.4) is 0 Å². The van der Waals surface area contributed by atoms with E-state index in [9.17, 15) is 4.79 Å². The molecule has 0 fully saturated rings. The number of nitrogens with one attached hydrogen (secondary N) is 1. The van der Waals surface area contributed by atoms with E-state index in [2.05, 4.69) is 15.0 Å². The molecule has 3 N–H and O–H groups in total. The number of hydrogen-bond acceptors (Lipinski definition) is 3. The average Bonchev–Trinajstić information content (AvgIpc) is 2.95. The van der Waals surface area contributed by atoms with Crippen LogP contribution in [0.1, 0.15) is 11.5 Å². The Balaban J connectivity index is 2.01. The van der Waals surface area contributed by atoms with Crippen molar-refractivity contribution in [3.8, 4) is 0 Å². The first-order chi connectivity index (χ1) is 8.25. The topological polar surface area (TPSA) is 89.6 Å². The van der Waals surface area contributed by atoms with Crippen molar-refractivity contribution in [1.82, 2.24) is 19.5 Å². The van der Waals surface area contributed by atoms with Gasteiger partial charge in [0.05, 0.1) is 6.33 Å². The number of aromatic nitrogens is 4. The number of aromatic amines is 1. The normalized spacial score (nSPS) is 11.1. The van der Waals surface area contributed by atoms with E-state index in [4.69, 9.17) is 5.73 Å². The molecule has 2 aromatic rings. The van der Waals surface area contributed by atoms with E-state index >= 15 is 0 Å². The van der Waals surface area contributed by atoms with Crippen molar-refractivity contribution in [2.24, 2.45) is 5.73 Å².